The molecule has 0 spiro atoms. The molecule has 4 aromatic carbocycles. The molecule has 0 bridgehead atoms. The standard InChI is InChI=1S/C28H20N2O3S/c1-18-11-12-19-7-5-6-10-23(19)24(18)17-25-26(31)29-28(34)30(27(25)32)20-13-15-22(16-14-20)33-21-8-3-2-4-9-21/h2-17H,1H3,(H,29,31,34). The Morgan fingerprint density at radius 1 is 0.824 bits per heavy atom. The van der Waals surface area contributed by atoms with Gasteiger partial charge in [0, 0.05) is 0 Å². The maximum Gasteiger partial charge on any atom is 0.270 e. The van der Waals surface area contributed by atoms with Gasteiger partial charge in [-0.2, -0.15) is 0 Å². The van der Waals surface area contributed by atoms with Gasteiger partial charge < -0.3 is 4.74 Å². The second-order valence-corrected chi connectivity index (χ2v) is 8.27. The van der Waals surface area contributed by atoms with Crippen molar-refractivity contribution in [1.82, 2.24) is 5.32 Å². The number of nitrogens with zero attached hydrogens (tertiary/aromatic N) is 1. The zero-order valence-electron chi connectivity index (χ0n) is 18.3. The van der Waals surface area contributed by atoms with Crippen LogP contribution in [-0.4, -0.2) is 16.9 Å². The predicted molar refractivity (Wildman–Crippen MR) is 138 cm³/mol. The fraction of sp³-hybridized carbons (Fsp3) is 0.0357. The number of rotatable bonds is 4. The Bertz CT molecular complexity index is 1460. The van der Waals surface area contributed by atoms with E-state index in [1.165, 1.54) is 4.90 Å². The van der Waals surface area contributed by atoms with E-state index in [4.69, 9.17) is 17.0 Å². The minimum Gasteiger partial charge on any atom is -0.457 e. The molecule has 1 aliphatic rings. The average Bonchev–Trinajstić information content (AvgIpc) is 2.84. The van der Waals surface area contributed by atoms with Crippen molar-refractivity contribution < 1.29 is 14.3 Å². The van der Waals surface area contributed by atoms with Crippen molar-refractivity contribution in [3.05, 3.63) is 108 Å². The van der Waals surface area contributed by atoms with Crippen molar-refractivity contribution in [1.29, 1.82) is 0 Å². The monoisotopic (exact) mass is 464 g/mol. The van der Waals surface area contributed by atoms with Crippen molar-refractivity contribution in [2.45, 2.75) is 6.92 Å². The van der Waals surface area contributed by atoms with Crippen LogP contribution in [-0.2, 0) is 9.59 Å². The molecule has 4 aromatic rings. The fourth-order valence-electron chi connectivity index (χ4n) is 3.92. The molecule has 1 fully saturated rings. The van der Waals surface area contributed by atoms with Crippen molar-refractivity contribution in [2.24, 2.45) is 0 Å². The lowest BCUT2D eigenvalue weighted by atomic mass is 9.97. The maximum atomic E-state index is 13.5. The Balaban J connectivity index is 1.49. The summed E-state index contributed by atoms with van der Waals surface area (Å²) < 4.78 is 5.83. The second-order valence-electron chi connectivity index (χ2n) is 7.88. The topological polar surface area (TPSA) is 58.6 Å². The number of hydrogen-bond donors (Lipinski definition) is 1. The van der Waals surface area contributed by atoms with Gasteiger partial charge in [-0.05, 0) is 83.5 Å². The molecule has 0 aliphatic carbocycles. The first-order valence-electron chi connectivity index (χ1n) is 10.7. The van der Waals surface area contributed by atoms with E-state index >= 15 is 0 Å². The van der Waals surface area contributed by atoms with Gasteiger partial charge in [0.1, 0.15) is 17.1 Å². The highest BCUT2D eigenvalue weighted by Gasteiger charge is 2.34. The van der Waals surface area contributed by atoms with E-state index in [2.05, 4.69) is 5.32 Å². The summed E-state index contributed by atoms with van der Waals surface area (Å²) in [6, 6.07) is 28.3. The van der Waals surface area contributed by atoms with Crippen molar-refractivity contribution in [3.63, 3.8) is 0 Å². The Kier molecular flexibility index (Phi) is 5.65. The Morgan fingerprint density at radius 3 is 2.26 bits per heavy atom. The molecule has 5 rings (SSSR count). The summed E-state index contributed by atoms with van der Waals surface area (Å²) in [5.41, 5.74) is 2.36. The van der Waals surface area contributed by atoms with Gasteiger partial charge in [-0.25, -0.2) is 0 Å². The third-order valence-corrected chi connectivity index (χ3v) is 5.94. The lowest BCUT2D eigenvalue weighted by Gasteiger charge is -2.29. The second kappa shape index (κ2) is 8.92. The SMILES string of the molecule is Cc1ccc2ccccc2c1C=C1C(=O)NC(=S)N(c2ccc(Oc3ccccc3)cc2)C1=O. The molecular weight excluding hydrogens is 444 g/mol. The molecule has 5 nitrogen and oxygen atoms in total. The zero-order valence-corrected chi connectivity index (χ0v) is 19.1. The number of carbonyl (C=O) groups is 2. The van der Waals surface area contributed by atoms with Gasteiger partial charge in [0.2, 0.25) is 0 Å². The summed E-state index contributed by atoms with van der Waals surface area (Å²) in [5.74, 6) is 0.347. The van der Waals surface area contributed by atoms with Crippen LogP contribution in [0.5, 0.6) is 11.5 Å². The van der Waals surface area contributed by atoms with Gasteiger partial charge in [-0.3, -0.25) is 19.8 Å². The van der Waals surface area contributed by atoms with Crippen LogP contribution in [0, 0.1) is 6.92 Å². The van der Waals surface area contributed by atoms with Crippen LogP contribution in [0.25, 0.3) is 16.8 Å². The summed E-state index contributed by atoms with van der Waals surface area (Å²) in [5, 5.41) is 4.69. The number of para-hydroxylation sites is 1. The largest absolute Gasteiger partial charge is 0.457 e. The third-order valence-electron chi connectivity index (χ3n) is 5.65. The maximum absolute atomic E-state index is 13.5. The molecule has 0 saturated carbocycles. The molecule has 166 valence electrons. The molecule has 0 aromatic heterocycles. The summed E-state index contributed by atoms with van der Waals surface area (Å²) in [7, 11) is 0. The van der Waals surface area contributed by atoms with Gasteiger partial charge in [0.15, 0.2) is 5.11 Å². The van der Waals surface area contributed by atoms with Crippen molar-refractivity contribution >= 4 is 51.7 Å². The first kappa shape index (κ1) is 21.6. The van der Waals surface area contributed by atoms with Gasteiger partial charge in [0.05, 0.1) is 5.69 Å². The summed E-state index contributed by atoms with van der Waals surface area (Å²) in [6.45, 7) is 1.96. The number of benzene rings is 4. The van der Waals surface area contributed by atoms with E-state index < -0.39 is 11.8 Å². The minimum absolute atomic E-state index is 0.0256. The van der Waals surface area contributed by atoms with Crippen LogP contribution in [0.4, 0.5) is 5.69 Å². The summed E-state index contributed by atoms with van der Waals surface area (Å²) in [4.78, 5) is 27.5. The lowest BCUT2D eigenvalue weighted by molar-refractivity contribution is -0.122. The van der Waals surface area contributed by atoms with Crippen LogP contribution in [0.3, 0.4) is 0 Å². The first-order chi connectivity index (χ1) is 16.5. The summed E-state index contributed by atoms with van der Waals surface area (Å²) in [6.07, 6.45) is 1.65. The number of ether oxygens (including phenoxy) is 1. The lowest BCUT2D eigenvalue weighted by Crippen LogP contribution is -2.54. The van der Waals surface area contributed by atoms with Gasteiger partial charge in [0.25, 0.3) is 11.8 Å². The smallest absolute Gasteiger partial charge is 0.270 e. The van der Waals surface area contributed by atoms with Crippen LogP contribution >= 0.6 is 12.2 Å². The van der Waals surface area contributed by atoms with Crippen LogP contribution < -0.4 is 15.0 Å². The van der Waals surface area contributed by atoms with Crippen LogP contribution in [0.1, 0.15) is 11.1 Å². The molecule has 0 radical (unpaired) electrons. The molecule has 1 aliphatic heterocycles. The Hall–Kier alpha value is -4.29. The molecule has 1 saturated heterocycles. The van der Waals surface area contributed by atoms with E-state index in [9.17, 15) is 9.59 Å². The highest BCUT2D eigenvalue weighted by atomic mass is 32.1. The highest BCUT2D eigenvalue weighted by molar-refractivity contribution is 7.80. The molecule has 6 heteroatoms. The van der Waals surface area contributed by atoms with E-state index in [0.29, 0.717) is 17.2 Å². The highest BCUT2D eigenvalue weighted by Crippen LogP contribution is 2.29. The number of fused-ring (bicyclic) bond motifs is 1. The minimum atomic E-state index is -0.511. The number of carbonyl (C=O) groups excluding carboxylic acids is 2. The predicted octanol–water partition coefficient (Wildman–Crippen LogP) is 5.77. The van der Waals surface area contributed by atoms with Gasteiger partial charge in [-0.15, -0.1) is 0 Å². The third kappa shape index (κ3) is 4.07. The van der Waals surface area contributed by atoms with E-state index in [1.54, 1.807) is 30.3 Å². The molecule has 2 amide bonds. The number of anilines is 1. The molecular formula is C28H20N2O3S. The molecule has 1 heterocycles. The van der Waals surface area contributed by atoms with Crippen molar-refractivity contribution in [3.8, 4) is 11.5 Å². The number of hydrogen-bond acceptors (Lipinski definition) is 4. The van der Waals surface area contributed by atoms with Gasteiger partial charge in [-0.1, -0.05) is 54.6 Å². The van der Waals surface area contributed by atoms with E-state index in [0.717, 1.165) is 21.9 Å². The number of thiocarbonyl (C=S) groups is 1. The zero-order chi connectivity index (χ0) is 23.7. The average molecular weight is 465 g/mol. The molecule has 34 heavy (non-hydrogen) atoms. The quantitative estimate of drug-likeness (QED) is 0.237. The normalized spacial score (nSPS) is 15.0. The summed E-state index contributed by atoms with van der Waals surface area (Å²) >= 11 is 5.34. The first-order valence-corrected chi connectivity index (χ1v) is 11.1. The number of aryl methyl sites for hydroxylation is 1. The van der Waals surface area contributed by atoms with Crippen LogP contribution in [0.15, 0.2) is 96.6 Å². The molecule has 0 atom stereocenters. The van der Waals surface area contributed by atoms with Crippen molar-refractivity contribution in [2.75, 3.05) is 4.90 Å². The van der Waals surface area contributed by atoms with E-state index in [-0.39, 0.29) is 10.7 Å². The number of nitrogens with one attached hydrogen (secondary N) is 1. The number of amides is 2. The Morgan fingerprint density at radius 2 is 1.50 bits per heavy atom. The van der Waals surface area contributed by atoms with Crippen LogP contribution in [0.2, 0.25) is 0 Å². The Labute approximate surface area is 202 Å². The van der Waals surface area contributed by atoms with Gasteiger partial charge >= 0.3 is 0 Å². The molecule has 1 N–H and O–H groups in total. The fourth-order valence-corrected chi connectivity index (χ4v) is 4.20. The molecule has 0 unspecified atom stereocenters. The van der Waals surface area contributed by atoms with E-state index in [1.807, 2.05) is 73.7 Å².